The van der Waals surface area contributed by atoms with Gasteiger partial charge in [-0.2, -0.15) is 0 Å². The van der Waals surface area contributed by atoms with Crippen molar-refractivity contribution >= 4 is 34.1 Å². The van der Waals surface area contributed by atoms with Crippen molar-refractivity contribution in [3.8, 4) is 66.8 Å². The molecule has 0 amide bonds. The summed E-state index contributed by atoms with van der Waals surface area (Å²) >= 11 is 0. The minimum Gasteiger partial charge on any atom is -0.399 e. The van der Waals surface area contributed by atoms with E-state index in [9.17, 15) is 0 Å². The normalized spacial score (nSPS) is 14.5. The Morgan fingerprint density at radius 1 is 0.305 bits per heavy atom. The predicted molar refractivity (Wildman–Crippen MR) is 250 cm³/mol. The summed E-state index contributed by atoms with van der Waals surface area (Å²) in [6.45, 7) is 8.50. The summed E-state index contributed by atoms with van der Waals surface area (Å²) in [7, 11) is -0.500. The Kier molecular flexibility index (Phi) is 9.17. The first kappa shape index (κ1) is 36.8. The van der Waals surface area contributed by atoms with Gasteiger partial charge in [0.15, 0.2) is 0 Å². The van der Waals surface area contributed by atoms with Crippen LogP contribution in [0.1, 0.15) is 27.7 Å². The molecule has 0 aliphatic carbocycles. The van der Waals surface area contributed by atoms with Crippen LogP contribution < -0.4 is 5.46 Å². The van der Waals surface area contributed by atoms with Gasteiger partial charge in [0, 0.05) is 0 Å². The Hall–Kier alpha value is -6.52. The smallest absolute Gasteiger partial charge is 0.399 e. The lowest BCUT2D eigenvalue weighted by molar-refractivity contribution is 0.00578. The van der Waals surface area contributed by atoms with Crippen molar-refractivity contribution in [1.29, 1.82) is 0 Å². The molecule has 0 radical (unpaired) electrons. The second-order valence-corrected chi connectivity index (χ2v) is 16.6. The molecule has 3 heteroatoms. The van der Waals surface area contributed by atoms with Crippen molar-refractivity contribution in [2.45, 2.75) is 38.9 Å². The number of rotatable bonds is 7. The molecule has 0 unspecified atom stereocenters. The zero-order chi connectivity index (χ0) is 40.1. The highest BCUT2D eigenvalue weighted by Crippen LogP contribution is 2.51. The van der Waals surface area contributed by atoms with E-state index in [2.05, 4.69) is 228 Å². The Labute approximate surface area is 347 Å². The van der Waals surface area contributed by atoms with Gasteiger partial charge in [0.1, 0.15) is 0 Å². The number of hydrogen-bond donors (Lipinski definition) is 0. The fourth-order valence-electron chi connectivity index (χ4n) is 8.99. The first-order valence-electron chi connectivity index (χ1n) is 20.6. The van der Waals surface area contributed by atoms with Gasteiger partial charge >= 0.3 is 7.12 Å². The first-order valence-corrected chi connectivity index (χ1v) is 20.6. The molecule has 0 atom stereocenters. The fourth-order valence-corrected chi connectivity index (χ4v) is 8.99. The van der Waals surface area contributed by atoms with E-state index in [0.717, 1.165) is 27.4 Å². The second kappa shape index (κ2) is 14.7. The summed E-state index contributed by atoms with van der Waals surface area (Å²) in [6, 6.07) is 72.6. The molecule has 59 heavy (non-hydrogen) atoms. The largest absolute Gasteiger partial charge is 0.496 e. The zero-order valence-electron chi connectivity index (χ0n) is 33.9. The summed E-state index contributed by atoms with van der Waals surface area (Å²) < 4.78 is 13.5. The topological polar surface area (TPSA) is 18.5 Å². The SMILES string of the molecule is CC1(C)OB(c2c3ccccc3c(-c3cccc(-c4cc(-c5ccccc5)c(-c5ccccc5)c(-c5ccccc5)c4-c4ccccc4)c3)c3ccccc23)OC1(C)C. The second-order valence-electron chi connectivity index (χ2n) is 16.6. The van der Waals surface area contributed by atoms with E-state index >= 15 is 0 Å². The number of hydrogen-bond acceptors (Lipinski definition) is 2. The molecule has 9 aromatic rings. The number of benzene rings is 9. The molecule has 0 bridgehead atoms. The molecule has 2 nitrogen and oxygen atoms in total. The molecule has 1 aliphatic rings. The van der Waals surface area contributed by atoms with E-state index < -0.39 is 18.3 Å². The third-order valence-electron chi connectivity index (χ3n) is 12.5. The molecule has 9 aromatic carbocycles. The Bertz CT molecular complexity index is 2900. The maximum absolute atomic E-state index is 6.76. The molecular weight excluding hydrogens is 715 g/mol. The lowest BCUT2D eigenvalue weighted by atomic mass is 9.71. The van der Waals surface area contributed by atoms with Gasteiger partial charge in [-0.15, -0.1) is 0 Å². The van der Waals surface area contributed by atoms with Crippen molar-refractivity contribution in [3.63, 3.8) is 0 Å². The van der Waals surface area contributed by atoms with E-state index in [-0.39, 0.29) is 0 Å². The minimum absolute atomic E-state index is 0.462. The van der Waals surface area contributed by atoms with Crippen molar-refractivity contribution < 1.29 is 9.31 Å². The van der Waals surface area contributed by atoms with Crippen molar-refractivity contribution in [3.05, 3.63) is 200 Å². The van der Waals surface area contributed by atoms with Gasteiger partial charge in [0.05, 0.1) is 11.2 Å². The molecule has 1 saturated heterocycles. The summed E-state index contributed by atoms with van der Waals surface area (Å²) in [5.41, 5.74) is 14.4. The van der Waals surface area contributed by atoms with Crippen LogP contribution in [0.15, 0.2) is 200 Å². The van der Waals surface area contributed by atoms with Gasteiger partial charge in [-0.1, -0.05) is 188 Å². The standard InChI is InChI=1S/C56H45BO2/c1-55(2)56(3,4)59-57(58-55)54-46-34-19-17-32-44(46)50(45-33-18-20-35-47(45)54)43-31-21-30-42(36-43)49-37-48(38-22-9-5-10-23-38)51(39-24-11-6-12-25-39)53(41-28-15-8-16-29-41)52(49)40-26-13-7-14-27-40/h5-37H,1-4H3. The highest BCUT2D eigenvalue weighted by molar-refractivity contribution is 6.69. The lowest BCUT2D eigenvalue weighted by Crippen LogP contribution is -2.41. The molecule has 1 heterocycles. The van der Waals surface area contributed by atoms with Crippen molar-refractivity contribution in [2.75, 3.05) is 0 Å². The maximum Gasteiger partial charge on any atom is 0.496 e. The molecule has 0 N–H and O–H groups in total. The van der Waals surface area contributed by atoms with Gasteiger partial charge < -0.3 is 9.31 Å². The van der Waals surface area contributed by atoms with E-state index in [0.29, 0.717) is 0 Å². The lowest BCUT2D eigenvalue weighted by Gasteiger charge is -2.32. The van der Waals surface area contributed by atoms with Gasteiger partial charge in [-0.25, -0.2) is 0 Å². The van der Waals surface area contributed by atoms with Crippen molar-refractivity contribution in [2.24, 2.45) is 0 Å². The van der Waals surface area contributed by atoms with Gasteiger partial charge in [0.2, 0.25) is 0 Å². The Balaban J connectivity index is 1.28. The summed E-state index contributed by atoms with van der Waals surface area (Å²) in [4.78, 5) is 0. The highest BCUT2D eigenvalue weighted by atomic mass is 16.7. The predicted octanol–water partition coefficient (Wildman–Crippen LogP) is 14.3. The van der Waals surface area contributed by atoms with Crippen LogP contribution in [0.5, 0.6) is 0 Å². The summed E-state index contributed by atoms with van der Waals surface area (Å²) in [6.07, 6.45) is 0. The van der Waals surface area contributed by atoms with Crippen LogP contribution >= 0.6 is 0 Å². The van der Waals surface area contributed by atoms with Crippen LogP contribution in [0.3, 0.4) is 0 Å². The van der Waals surface area contributed by atoms with Crippen LogP contribution in [0.25, 0.3) is 88.3 Å². The van der Waals surface area contributed by atoms with Gasteiger partial charge in [-0.05, 0) is 134 Å². The Morgan fingerprint density at radius 2 is 0.661 bits per heavy atom. The molecule has 10 rings (SSSR count). The molecule has 284 valence electrons. The summed E-state index contributed by atoms with van der Waals surface area (Å²) in [5.74, 6) is 0. The zero-order valence-corrected chi connectivity index (χ0v) is 33.9. The van der Waals surface area contributed by atoms with E-state index in [1.54, 1.807) is 0 Å². The first-order chi connectivity index (χ1) is 28.8. The van der Waals surface area contributed by atoms with E-state index in [1.807, 2.05) is 0 Å². The molecule has 0 aromatic heterocycles. The third kappa shape index (κ3) is 6.39. The number of fused-ring (bicyclic) bond motifs is 2. The average Bonchev–Trinajstić information content (AvgIpc) is 3.50. The molecular formula is C56H45BO2. The quantitative estimate of drug-likeness (QED) is 0.119. The van der Waals surface area contributed by atoms with Crippen LogP contribution in [0, 0.1) is 0 Å². The maximum atomic E-state index is 6.76. The Morgan fingerprint density at radius 3 is 1.14 bits per heavy atom. The van der Waals surface area contributed by atoms with E-state index in [1.165, 1.54) is 66.4 Å². The fraction of sp³-hybridized carbons (Fsp3) is 0.107. The third-order valence-corrected chi connectivity index (χ3v) is 12.5. The van der Waals surface area contributed by atoms with Crippen LogP contribution in [0.4, 0.5) is 0 Å². The average molecular weight is 761 g/mol. The van der Waals surface area contributed by atoms with Gasteiger partial charge in [0.25, 0.3) is 0 Å². The molecule has 1 aliphatic heterocycles. The van der Waals surface area contributed by atoms with Crippen LogP contribution in [-0.4, -0.2) is 18.3 Å². The minimum atomic E-state index is -0.500. The monoisotopic (exact) mass is 760 g/mol. The van der Waals surface area contributed by atoms with Crippen molar-refractivity contribution in [1.82, 2.24) is 0 Å². The van der Waals surface area contributed by atoms with Crippen LogP contribution in [0.2, 0.25) is 0 Å². The highest BCUT2D eigenvalue weighted by Gasteiger charge is 2.52. The molecule has 0 spiro atoms. The van der Waals surface area contributed by atoms with Crippen LogP contribution in [-0.2, 0) is 9.31 Å². The molecule has 1 fully saturated rings. The molecule has 0 saturated carbocycles. The van der Waals surface area contributed by atoms with E-state index in [4.69, 9.17) is 9.31 Å². The summed E-state index contributed by atoms with van der Waals surface area (Å²) in [5, 5.41) is 4.62. The van der Waals surface area contributed by atoms with Gasteiger partial charge in [-0.3, -0.25) is 0 Å².